The molecule has 2 rings (SSSR count). The second-order valence-electron chi connectivity index (χ2n) is 6.99. The highest BCUT2D eigenvalue weighted by molar-refractivity contribution is 5.85. The van der Waals surface area contributed by atoms with Crippen LogP contribution in [0.2, 0.25) is 0 Å². The Balaban J connectivity index is 0.00000288. The van der Waals surface area contributed by atoms with Crippen LogP contribution in [0.5, 0.6) is 0 Å². The average Bonchev–Trinajstić information content (AvgIpc) is 2.82. The van der Waals surface area contributed by atoms with E-state index < -0.39 is 5.97 Å². The zero-order valence-electron chi connectivity index (χ0n) is 14.9. The summed E-state index contributed by atoms with van der Waals surface area (Å²) in [6, 6.07) is 0.252. The van der Waals surface area contributed by atoms with Crippen LogP contribution in [0.15, 0.2) is 0 Å². The normalized spacial score (nSPS) is 21.9. The second-order valence-corrected chi connectivity index (χ2v) is 6.99. The van der Waals surface area contributed by atoms with Crippen molar-refractivity contribution < 1.29 is 14.7 Å². The van der Waals surface area contributed by atoms with E-state index in [9.17, 15) is 9.59 Å². The molecule has 0 aromatic rings. The van der Waals surface area contributed by atoms with Gasteiger partial charge in [-0.2, -0.15) is 0 Å². The molecular formula is C17H32ClN3O3. The highest BCUT2D eigenvalue weighted by Crippen LogP contribution is 2.19. The first-order chi connectivity index (χ1) is 11.0. The third-order valence-corrected chi connectivity index (χ3v) is 5.33. The number of likely N-dealkylation sites (tertiary alicyclic amines) is 2. The molecule has 0 bridgehead atoms. The van der Waals surface area contributed by atoms with Gasteiger partial charge in [-0.05, 0) is 39.7 Å². The fourth-order valence-corrected chi connectivity index (χ4v) is 3.77. The Kier molecular flexibility index (Phi) is 9.02. The monoisotopic (exact) mass is 361 g/mol. The molecular weight excluding hydrogens is 330 g/mol. The predicted molar refractivity (Wildman–Crippen MR) is 96.6 cm³/mol. The number of hydrogen-bond acceptors (Lipinski definition) is 4. The summed E-state index contributed by atoms with van der Waals surface area (Å²) < 4.78 is 0. The van der Waals surface area contributed by atoms with Crippen LogP contribution >= 0.6 is 12.4 Å². The van der Waals surface area contributed by atoms with E-state index in [0.717, 1.165) is 51.9 Å². The van der Waals surface area contributed by atoms with Crippen molar-refractivity contribution in [1.29, 1.82) is 0 Å². The molecule has 7 heteroatoms. The summed E-state index contributed by atoms with van der Waals surface area (Å²) in [6.07, 6.45) is 6.59. The number of aliphatic carboxylic acids is 1. The molecule has 2 aliphatic heterocycles. The summed E-state index contributed by atoms with van der Waals surface area (Å²) in [5.41, 5.74) is 0. The van der Waals surface area contributed by atoms with Gasteiger partial charge in [0.05, 0.1) is 12.6 Å². The van der Waals surface area contributed by atoms with Gasteiger partial charge in [-0.3, -0.25) is 19.4 Å². The van der Waals surface area contributed by atoms with Crippen molar-refractivity contribution in [1.82, 2.24) is 14.7 Å². The number of piperidine rings is 1. The second kappa shape index (κ2) is 10.2. The lowest BCUT2D eigenvalue weighted by molar-refractivity contribution is -0.138. The van der Waals surface area contributed by atoms with E-state index in [1.165, 1.54) is 12.8 Å². The Labute approximate surface area is 151 Å². The van der Waals surface area contributed by atoms with Crippen LogP contribution in [0.4, 0.5) is 0 Å². The first-order valence-electron chi connectivity index (χ1n) is 8.94. The molecule has 6 nitrogen and oxygen atoms in total. The first-order valence-corrected chi connectivity index (χ1v) is 8.94. The smallest absolute Gasteiger partial charge is 0.317 e. The standard InChI is InChI=1S/C17H31N3O3.ClH/c1-14(17(23)20-9-5-3-4-6-10-20)19-11-7-15(8-12-19)18(2)13-16(21)22;/h14-15H,3-13H2,1-2H3,(H,21,22);1H. The molecule has 1 amide bonds. The van der Waals surface area contributed by atoms with Crippen molar-refractivity contribution in [2.45, 2.75) is 57.5 Å². The molecule has 140 valence electrons. The summed E-state index contributed by atoms with van der Waals surface area (Å²) in [5.74, 6) is -0.510. The number of amides is 1. The minimum atomic E-state index is -0.778. The fourth-order valence-electron chi connectivity index (χ4n) is 3.77. The maximum atomic E-state index is 12.7. The number of hydrogen-bond donors (Lipinski definition) is 1. The largest absolute Gasteiger partial charge is 0.480 e. The zero-order valence-corrected chi connectivity index (χ0v) is 15.8. The Bertz CT molecular complexity index is 406. The van der Waals surface area contributed by atoms with Crippen molar-refractivity contribution in [3.63, 3.8) is 0 Å². The maximum Gasteiger partial charge on any atom is 0.317 e. The van der Waals surface area contributed by atoms with E-state index in [-0.39, 0.29) is 30.9 Å². The minimum absolute atomic E-state index is 0. The quantitative estimate of drug-likeness (QED) is 0.807. The Hall–Kier alpha value is -0.850. The van der Waals surface area contributed by atoms with Gasteiger partial charge in [0, 0.05) is 32.2 Å². The van der Waals surface area contributed by atoms with Crippen LogP contribution in [0.3, 0.4) is 0 Å². The van der Waals surface area contributed by atoms with Crippen molar-refractivity contribution in [3.8, 4) is 0 Å². The van der Waals surface area contributed by atoms with Crippen molar-refractivity contribution >= 4 is 24.3 Å². The summed E-state index contributed by atoms with van der Waals surface area (Å²) >= 11 is 0. The van der Waals surface area contributed by atoms with Crippen LogP contribution in [0.1, 0.15) is 45.4 Å². The molecule has 2 aliphatic rings. The minimum Gasteiger partial charge on any atom is -0.480 e. The van der Waals surface area contributed by atoms with Gasteiger partial charge in [0.2, 0.25) is 5.91 Å². The number of carboxylic acid groups (broad SMARTS) is 1. The summed E-state index contributed by atoms with van der Waals surface area (Å²) in [6.45, 7) is 5.66. The molecule has 2 heterocycles. The fraction of sp³-hybridized carbons (Fsp3) is 0.882. The number of likely N-dealkylation sites (N-methyl/N-ethyl adjacent to an activating group) is 1. The molecule has 24 heavy (non-hydrogen) atoms. The van der Waals surface area contributed by atoms with Gasteiger partial charge in [-0.25, -0.2) is 0 Å². The zero-order chi connectivity index (χ0) is 16.8. The lowest BCUT2D eigenvalue weighted by Crippen LogP contribution is -2.52. The van der Waals surface area contributed by atoms with Crippen molar-refractivity contribution in [2.75, 3.05) is 39.8 Å². The molecule has 1 unspecified atom stereocenters. The summed E-state index contributed by atoms with van der Waals surface area (Å²) in [7, 11) is 1.88. The number of rotatable bonds is 5. The van der Waals surface area contributed by atoms with Gasteiger partial charge >= 0.3 is 5.97 Å². The SMILES string of the molecule is CC(C(=O)N1CCCCCC1)N1CCC(N(C)CC(=O)O)CC1.Cl. The summed E-state index contributed by atoms with van der Waals surface area (Å²) in [4.78, 5) is 29.7. The van der Waals surface area contributed by atoms with Crippen LogP contribution in [-0.4, -0.2) is 83.5 Å². The highest BCUT2D eigenvalue weighted by atomic mass is 35.5. The van der Waals surface area contributed by atoms with Gasteiger partial charge < -0.3 is 10.0 Å². The molecule has 0 aliphatic carbocycles. The Morgan fingerprint density at radius 3 is 2.12 bits per heavy atom. The van der Waals surface area contributed by atoms with Crippen LogP contribution in [0, 0.1) is 0 Å². The predicted octanol–water partition coefficient (Wildman–Crippen LogP) is 1.68. The van der Waals surface area contributed by atoms with E-state index in [1.807, 2.05) is 23.8 Å². The van der Waals surface area contributed by atoms with E-state index >= 15 is 0 Å². The van der Waals surface area contributed by atoms with Crippen LogP contribution in [-0.2, 0) is 9.59 Å². The molecule has 0 aromatic carbocycles. The molecule has 0 aromatic heterocycles. The van der Waals surface area contributed by atoms with Crippen molar-refractivity contribution in [3.05, 3.63) is 0 Å². The van der Waals surface area contributed by atoms with E-state index in [1.54, 1.807) is 0 Å². The number of carboxylic acids is 1. The van der Waals surface area contributed by atoms with Gasteiger partial charge in [-0.15, -0.1) is 12.4 Å². The van der Waals surface area contributed by atoms with Crippen LogP contribution in [0.25, 0.3) is 0 Å². The molecule has 0 radical (unpaired) electrons. The lowest BCUT2D eigenvalue weighted by atomic mass is 10.0. The third-order valence-electron chi connectivity index (χ3n) is 5.33. The van der Waals surface area contributed by atoms with E-state index in [4.69, 9.17) is 5.11 Å². The van der Waals surface area contributed by atoms with E-state index in [0.29, 0.717) is 6.04 Å². The maximum absolute atomic E-state index is 12.7. The molecule has 0 saturated carbocycles. The number of carbonyl (C=O) groups is 2. The highest BCUT2D eigenvalue weighted by Gasteiger charge is 2.30. The molecule has 1 atom stereocenters. The third kappa shape index (κ3) is 5.90. The number of nitrogens with zero attached hydrogens (tertiary/aromatic N) is 3. The van der Waals surface area contributed by atoms with Gasteiger partial charge in [0.1, 0.15) is 0 Å². The topological polar surface area (TPSA) is 64.1 Å². The van der Waals surface area contributed by atoms with E-state index in [2.05, 4.69) is 4.90 Å². The van der Waals surface area contributed by atoms with Crippen molar-refractivity contribution in [2.24, 2.45) is 0 Å². The van der Waals surface area contributed by atoms with Gasteiger partial charge in [0.15, 0.2) is 0 Å². The molecule has 2 saturated heterocycles. The van der Waals surface area contributed by atoms with Gasteiger partial charge in [0.25, 0.3) is 0 Å². The lowest BCUT2D eigenvalue weighted by Gasteiger charge is -2.39. The molecule has 0 spiro atoms. The Morgan fingerprint density at radius 2 is 1.62 bits per heavy atom. The Morgan fingerprint density at radius 1 is 1.08 bits per heavy atom. The number of halogens is 1. The summed E-state index contributed by atoms with van der Waals surface area (Å²) in [5, 5.41) is 8.89. The molecule has 1 N–H and O–H groups in total. The van der Waals surface area contributed by atoms with Crippen LogP contribution < -0.4 is 0 Å². The number of carbonyl (C=O) groups excluding carboxylic acids is 1. The van der Waals surface area contributed by atoms with Gasteiger partial charge in [-0.1, -0.05) is 12.8 Å². The average molecular weight is 362 g/mol. The first kappa shape index (κ1) is 21.2. The molecule has 2 fully saturated rings.